The van der Waals surface area contributed by atoms with Gasteiger partial charge in [-0.2, -0.15) is 9.36 Å². The average molecular weight is 249 g/mol. The molecule has 0 aliphatic heterocycles. The van der Waals surface area contributed by atoms with Crippen LogP contribution >= 0.6 is 11.5 Å². The zero-order valence-corrected chi connectivity index (χ0v) is 10.7. The first kappa shape index (κ1) is 12.0. The smallest absolute Gasteiger partial charge is 0.298 e. The van der Waals surface area contributed by atoms with Gasteiger partial charge in [0.25, 0.3) is 5.19 Å². The topological polar surface area (TPSA) is 61.0 Å². The van der Waals surface area contributed by atoms with Crippen molar-refractivity contribution >= 4 is 11.5 Å². The third-order valence-electron chi connectivity index (χ3n) is 2.28. The maximum absolute atomic E-state index is 5.64. The van der Waals surface area contributed by atoms with Crippen molar-refractivity contribution in [3.8, 4) is 10.9 Å². The minimum atomic E-state index is 0.318. The number of ether oxygens (including phenoxy) is 1. The predicted octanol–water partition coefficient (Wildman–Crippen LogP) is 2.91. The van der Waals surface area contributed by atoms with Crippen molar-refractivity contribution in [1.82, 2.24) is 9.36 Å². The lowest BCUT2D eigenvalue weighted by molar-refractivity contribution is 0.475. The molecule has 0 saturated carbocycles. The first-order valence-electron chi connectivity index (χ1n) is 5.49. The molecule has 5 heteroatoms. The summed E-state index contributed by atoms with van der Waals surface area (Å²) in [7, 11) is 0. The Balaban J connectivity index is 2.13. The lowest BCUT2D eigenvalue weighted by atomic mass is 10.2. The number of nitrogens with zero attached hydrogens (tertiary/aromatic N) is 2. The van der Waals surface area contributed by atoms with E-state index in [1.54, 1.807) is 0 Å². The number of hydrogen-bond acceptors (Lipinski definition) is 5. The molecule has 1 aromatic carbocycles. The molecule has 4 nitrogen and oxygen atoms in total. The fourth-order valence-corrected chi connectivity index (χ4v) is 2.02. The number of nitrogens with two attached hydrogens (primary N) is 1. The van der Waals surface area contributed by atoms with Gasteiger partial charge in [0.1, 0.15) is 11.6 Å². The molecule has 0 amide bonds. The van der Waals surface area contributed by atoms with E-state index in [-0.39, 0.29) is 0 Å². The van der Waals surface area contributed by atoms with E-state index in [1.165, 1.54) is 11.5 Å². The van der Waals surface area contributed by atoms with Crippen molar-refractivity contribution in [2.45, 2.75) is 26.3 Å². The second-order valence-corrected chi connectivity index (χ2v) is 4.74. The van der Waals surface area contributed by atoms with Crippen molar-refractivity contribution in [2.24, 2.45) is 5.73 Å². The summed E-state index contributed by atoms with van der Waals surface area (Å²) in [5, 5.41) is 0.572. The summed E-state index contributed by atoms with van der Waals surface area (Å²) in [5.74, 6) is 1.89. The number of aromatic nitrogens is 2. The van der Waals surface area contributed by atoms with Gasteiger partial charge in [-0.25, -0.2) is 0 Å². The van der Waals surface area contributed by atoms with Crippen molar-refractivity contribution in [2.75, 3.05) is 0 Å². The van der Waals surface area contributed by atoms with Crippen molar-refractivity contribution in [3.05, 3.63) is 35.7 Å². The molecule has 0 fully saturated rings. The monoisotopic (exact) mass is 249 g/mol. The minimum absolute atomic E-state index is 0.318. The highest BCUT2D eigenvalue weighted by Crippen LogP contribution is 2.25. The standard InChI is InChI=1S/C12H15N3OS/c1-8(2)11-14-12(17-15-11)16-10-5-3-4-9(6-10)7-13/h3-6,8H,7,13H2,1-2H3. The second kappa shape index (κ2) is 5.25. The van der Waals surface area contributed by atoms with E-state index in [4.69, 9.17) is 10.5 Å². The summed E-state index contributed by atoms with van der Waals surface area (Å²) in [4.78, 5) is 4.31. The molecule has 0 aliphatic rings. The van der Waals surface area contributed by atoms with E-state index < -0.39 is 0 Å². The molecule has 0 atom stereocenters. The molecule has 0 bridgehead atoms. The van der Waals surface area contributed by atoms with Gasteiger partial charge in [-0.3, -0.25) is 0 Å². The highest BCUT2D eigenvalue weighted by Gasteiger charge is 2.09. The molecule has 0 spiro atoms. The Labute approximate surface area is 105 Å². The summed E-state index contributed by atoms with van der Waals surface area (Å²) in [6, 6.07) is 7.68. The summed E-state index contributed by atoms with van der Waals surface area (Å²) >= 11 is 1.27. The van der Waals surface area contributed by atoms with Crippen LogP contribution in [0.3, 0.4) is 0 Å². The fraction of sp³-hybridized carbons (Fsp3) is 0.333. The molecule has 1 heterocycles. The minimum Gasteiger partial charge on any atom is -0.430 e. The van der Waals surface area contributed by atoms with E-state index in [0.29, 0.717) is 17.7 Å². The summed E-state index contributed by atoms with van der Waals surface area (Å²) in [5.41, 5.74) is 6.61. The van der Waals surface area contributed by atoms with E-state index in [2.05, 4.69) is 23.2 Å². The van der Waals surface area contributed by atoms with Crippen molar-refractivity contribution in [3.63, 3.8) is 0 Å². The van der Waals surface area contributed by atoms with Crippen LogP contribution in [0.25, 0.3) is 0 Å². The molecule has 0 saturated heterocycles. The van der Waals surface area contributed by atoms with E-state index in [9.17, 15) is 0 Å². The maximum atomic E-state index is 5.64. The number of benzene rings is 1. The molecule has 2 rings (SSSR count). The molecule has 2 aromatic rings. The molecule has 2 N–H and O–H groups in total. The lowest BCUT2D eigenvalue weighted by Crippen LogP contribution is -1.96. The predicted molar refractivity (Wildman–Crippen MR) is 68.4 cm³/mol. The van der Waals surface area contributed by atoms with Gasteiger partial charge in [-0.1, -0.05) is 26.0 Å². The maximum Gasteiger partial charge on any atom is 0.298 e. The lowest BCUT2D eigenvalue weighted by Gasteiger charge is -2.02. The van der Waals surface area contributed by atoms with Gasteiger partial charge in [0, 0.05) is 24.0 Å². The van der Waals surface area contributed by atoms with Gasteiger partial charge in [0.15, 0.2) is 0 Å². The second-order valence-electron chi connectivity index (χ2n) is 4.03. The summed E-state index contributed by atoms with van der Waals surface area (Å²) in [6.45, 7) is 4.62. The Morgan fingerprint density at radius 2 is 2.24 bits per heavy atom. The number of rotatable bonds is 4. The van der Waals surface area contributed by atoms with E-state index in [1.807, 2.05) is 24.3 Å². The fourth-order valence-electron chi connectivity index (χ4n) is 1.33. The molecule has 0 aliphatic carbocycles. The Bertz CT molecular complexity index is 496. The molecular formula is C12H15N3OS. The highest BCUT2D eigenvalue weighted by molar-refractivity contribution is 7.07. The van der Waals surface area contributed by atoms with Gasteiger partial charge in [-0.15, -0.1) is 0 Å². The zero-order valence-electron chi connectivity index (χ0n) is 9.88. The van der Waals surface area contributed by atoms with Crippen LogP contribution in [0.2, 0.25) is 0 Å². The van der Waals surface area contributed by atoms with Crippen LogP contribution < -0.4 is 10.5 Å². The first-order valence-corrected chi connectivity index (χ1v) is 6.27. The quantitative estimate of drug-likeness (QED) is 0.905. The summed E-state index contributed by atoms with van der Waals surface area (Å²) in [6.07, 6.45) is 0. The van der Waals surface area contributed by atoms with Crippen LogP contribution in [0, 0.1) is 0 Å². The van der Waals surface area contributed by atoms with Gasteiger partial charge in [0.05, 0.1) is 0 Å². The van der Waals surface area contributed by atoms with Crippen LogP contribution in [0.4, 0.5) is 0 Å². The van der Waals surface area contributed by atoms with Gasteiger partial charge in [-0.05, 0) is 17.7 Å². The molecule has 0 unspecified atom stereocenters. The van der Waals surface area contributed by atoms with Gasteiger partial charge >= 0.3 is 0 Å². The molecule has 90 valence electrons. The summed E-state index contributed by atoms with van der Waals surface area (Å²) < 4.78 is 9.88. The van der Waals surface area contributed by atoms with Gasteiger partial charge in [0.2, 0.25) is 0 Å². The van der Waals surface area contributed by atoms with Crippen molar-refractivity contribution < 1.29 is 4.74 Å². The van der Waals surface area contributed by atoms with Crippen LogP contribution in [0.5, 0.6) is 10.9 Å². The molecule has 17 heavy (non-hydrogen) atoms. The third-order valence-corrected chi connectivity index (χ3v) is 2.89. The molecule has 1 aromatic heterocycles. The number of hydrogen-bond donors (Lipinski definition) is 1. The van der Waals surface area contributed by atoms with Crippen LogP contribution in [0.15, 0.2) is 24.3 Å². The average Bonchev–Trinajstić information content (AvgIpc) is 2.78. The van der Waals surface area contributed by atoms with E-state index >= 15 is 0 Å². The van der Waals surface area contributed by atoms with E-state index in [0.717, 1.165) is 17.1 Å². The van der Waals surface area contributed by atoms with Crippen LogP contribution in [0.1, 0.15) is 31.2 Å². The molecule has 0 radical (unpaired) electrons. The van der Waals surface area contributed by atoms with Crippen molar-refractivity contribution in [1.29, 1.82) is 0 Å². The highest BCUT2D eigenvalue weighted by atomic mass is 32.1. The Morgan fingerprint density at radius 3 is 2.88 bits per heavy atom. The molecular weight excluding hydrogens is 234 g/mol. The van der Waals surface area contributed by atoms with Crippen LogP contribution in [-0.4, -0.2) is 9.36 Å². The Morgan fingerprint density at radius 1 is 1.41 bits per heavy atom. The Hall–Kier alpha value is -1.46. The third kappa shape index (κ3) is 3.01. The largest absolute Gasteiger partial charge is 0.430 e. The normalized spacial score (nSPS) is 10.8. The Kier molecular flexibility index (Phi) is 3.71. The SMILES string of the molecule is CC(C)c1nsc(Oc2cccc(CN)c2)n1. The first-order chi connectivity index (χ1) is 8.19. The van der Waals surface area contributed by atoms with Gasteiger partial charge < -0.3 is 10.5 Å². The van der Waals surface area contributed by atoms with Crippen LogP contribution in [-0.2, 0) is 6.54 Å². The zero-order chi connectivity index (χ0) is 12.3.